The Morgan fingerprint density at radius 3 is 2.00 bits per heavy atom. The second kappa shape index (κ2) is 5.89. The van der Waals surface area contributed by atoms with Crippen molar-refractivity contribution in [2.45, 2.75) is 63.1 Å². The number of nitrogens with one attached hydrogen (secondary N) is 1. The monoisotopic (exact) mass is 251 g/mol. The molecule has 3 atom stereocenters. The average molecular weight is 251 g/mol. The quantitative estimate of drug-likeness (QED) is 0.823. The molecule has 0 amide bonds. The molecule has 3 heteroatoms. The molecule has 3 fully saturated rings. The van der Waals surface area contributed by atoms with Crippen LogP contribution in [0, 0.1) is 0 Å². The van der Waals surface area contributed by atoms with Gasteiger partial charge in [0.2, 0.25) is 0 Å². The van der Waals surface area contributed by atoms with Crippen LogP contribution in [0.25, 0.3) is 0 Å². The third kappa shape index (κ3) is 2.45. The van der Waals surface area contributed by atoms with Crippen molar-refractivity contribution in [1.29, 1.82) is 0 Å². The van der Waals surface area contributed by atoms with E-state index in [4.69, 9.17) is 0 Å². The molecule has 0 aromatic carbocycles. The van der Waals surface area contributed by atoms with Crippen LogP contribution in [0.3, 0.4) is 0 Å². The molecule has 0 aromatic rings. The Kier molecular flexibility index (Phi) is 4.22. The summed E-state index contributed by atoms with van der Waals surface area (Å²) < 4.78 is 0. The van der Waals surface area contributed by atoms with Gasteiger partial charge in [-0.15, -0.1) is 0 Å². The molecular formula is C15H29N3. The standard InChI is InChI=1S/C15H29N3/c1-16-13-7-6-8-14(17-9-2-3-10-17)15(13)18-11-4-5-12-18/h13-16H,2-12H2,1H3/t13-,14-,15+/m0/s1. The van der Waals surface area contributed by atoms with E-state index in [1.165, 1.54) is 71.1 Å². The van der Waals surface area contributed by atoms with Gasteiger partial charge in [-0.2, -0.15) is 0 Å². The van der Waals surface area contributed by atoms with Crippen LogP contribution in [0.1, 0.15) is 44.9 Å². The Morgan fingerprint density at radius 1 is 0.778 bits per heavy atom. The van der Waals surface area contributed by atoms with Gasteiger partial charge in [0.1, 0.15) is 0 Å². The molecule has 3 nitrogen and oxygen atoms in total. The highest BCUT2D eigenvalue weighted by atomic mass is 15.3. The van der Waals surface area contributed by atoms with Crippen molar-refractivity contribution in [1.82, 2.24) is 15.1 Å². The predicted octanol–water partition coefficient (Wildman–Crippen LogP) is 1.69. The minimum atomic E-state index is 0.724. The molecule has 0 radical (unpaired) electrons. The lowest BCUT2D eigenvalue weighted by molar-refractivity contribution is 0.0529. The molecule has 1 N–H and O–H groups in total. The number of likely N-dealkylation sites (tertiary alicyclic amines) is 2. The zero-order valence-electron chi connectivity index (χ0n) is 11.9. The van der Waals surface area contributed by atoms with Gasteiger partial charge in [0, 0.05) is 18.1 Å². The Labute approximate surface area is 112 Å². The third-order valence-corrected chi connectivity index (χ3v) is 5.36. The fraction of sp³-hybridized carbons (Fsp3) is 1.00. The second-order valence-corrected chi connectivity index (χ2v) is 6.37. The lowest BCUT2D eigenvalue weighted by atomic mass is 9.84. The van der Waals surface area contributed by atoms with Crippen LogP contribution in [0.15, 0.2) is 0 Å². The van der Waals surface area contributed by atoms with E-state index < -0.39 is 0 Å². The topological polar surface area (TPSA) is 18.5 Å². The van der Waals surface area contributed by atoms with Gasteiger partial charge in [-0.3, -0.25) is 9.80 Å². The molecular weight excluding hydrogens is 222 g/mol. The zero-order chi connectivity index (χ0) is 12.4. The number of hydrogen-bond donors (Lipinski definition) is 1. The number of hydrogen-bond acceptors (Lipinski definition) is 3. The maximum atomic E-state index is 3.62. The first-order valence-corrected chi connectivity index (χ1v) is 8.05. The number of rotatable bonds is 3. The Bertz CT molecular complexity index is 254. The lowest BCUT2D eigenvalue weighted by Crippen LogP contribution is -2.61. The average Bonchev–Trinajstić information content (AvgIpc) is 3.10. The summed E-state index contributed by atoms with van der Waals surface area (Å²) in [5, 5.41) is 3.62. The molecule has 104 valence electrons. The second-order valence-electron chi connectivity index (χ2n) is 6.37. The lowest BCUT2D eigenvalue weighted by Gasteiger charge is -2.47. The summed E-state index contributed by atoms with van der Waals surface area (Å²) in [7, 11) is 2.17. The molecule has 0 spiro atoms. The van der Waals surface area contributed by atoms with E-state index in [9.17, 15) is 0 Å². The van der Waals surface area contributed by atoms with Gasteiger partial charge in [-0.1, -0.05) is 6.42 Å². The molecule has 2 aliphatic heterocycles. The molecule has 3 aliphatic rings. The van der Waals surface area contributed by atoms with Crippen molar-refractivity contribution in [2.24, 2.45) is 0 Å². The van der Waals surface area contributed by atoms with E-state index in [0.29, 0.717) is 0 Å². The smallest absolute Gasteiger partial charge is 0.0404 e. The molecule has 0 bridgehead atoms. The molecule has 1 aliphatic carbocycles. The number of nitrogens with zero attached hydrogens (tertiary/aromatic N) is 2. The summed E-state index contributed by atoms with van der Waals surface area (Å²) in [5.74, 6) is 0. The number of likely N-dealkylation sites (N-methyl/N-ethyl adjacent to an activating group) is 1. The van der Waals surface area contributed by atoms with Crippen molar-refractivity contribution < 1.29 is 0 Å². The van der Waals surface area contributed by atoms with E-state index in [2.05, 4.69) is 22.2 Å². The molecule has 1 saturated carbocycles. The highest BCUT2D eigenvalue weighted by molar-refractivity contribution is 4.99. The first-order valence-electron chi connectivity index (χ1n) is 8.05. The summed E-state index contributed by atoms with van der Waals surface area (Å²) >= 11 is 0. The van der Waals surface area contributed by atoms with Crippen LogP contribution in [0.4, 0.5) is 0 Å². The SMILES string of the molecule is CN[C@H]1CCC[C@H](N2CCCC2)[C@@H]1N1CCCC1. The van der Waals surface area contributed by atoms with Crippen molar-refractivity contribution in [3.63, 3.8) is 0 Å². The van der Waals surface area contributed by atoms with E-state index in [1.807, 2.05) is 0 Å². The van der Waals surface area contributed by atoms with E-state index >= 15 is 0 Å². The van der Waals surface area contributed by atoms with E-state index in [0.717, 1.165) is 18.1 Å². The normalized spacial score (nSPS) is 39.5. The highest BCUT2D eigenvalue weighted by Gasteiger charge is 2.40. The van der Waals surface area contributed by atoms with Gasteiger partial charge < -0.3 is 5.32 Å². The van der Waals surface area contributed by atoms with Gasteiger partial charge in [0.05, 0.1) is 0 Å². The molecule has 2 saturated heterocycles. The largest absolute Gasteiger partial charge is 0.315 e. The van der Waals surface area contributed by atoms with Gasteiger partial charge in [-0.05, 0) is 71.8 Å². The van der Waals surface area contributed by atoms with Crippen molar-refractivity contribution >= 4 is 0 Å². The van der Waals surface area contributed by atoms with Gasteiger partial charge in [0.25, 0.3) is 0 Å². The molecule has 0 unspecified atom stereocenters. The first kappa shape index (κ1) is 12.9. The first-order chi connectivity index (χ1) is 8.90. The van der Waals surface area contributed by atoms with Crippen molar-refractivity contribution in [2.75, 3.05) is 33.2 Å². The maximum absolute atomic E-state index is 3.62. The van der Waals surface area contributed by atoms with Crippen LogP contribution in [-0.4, -0.2) is 61.2 Å². The maximum Gasteiger partial charge on any atom is 0.0404 e. The van der Waals surface area contributed by atoms with Crippen LogP contribution in [0.5, 0.6) is 0 Å². The summed E-state index contributed by atoms with van der Waals surface area (Å²) in [4.78, 5) is 5.59. The summed E-state index contributed by atoms with van der Waals surface area (Å²) in [6.07, 6.45) is 9.90. The van der Waals surface area contributed by atoms with Crippen molar-refractivity contribution in [3.05, 3.63) is 0 Å². The predicted molar refractivity (Wildman–Crippen MR) is 75.9 cm³/mol. The minimum absolute atomic E-state index is 0.724. The Morgan fingerprint density at radius 2 is 1.39 bits per heavy atom. The van der Waals surface area contributed by atoms with Crippen LogP contribution in [-0.2, 0) is 0 Å². The van der Waals surface area contributed by atoms with Crippen LogP contribution in [0.2, 0.25) is 0 Å². The fourth-order valence-corrected chi connectivity index (χ4v) is 4.48. The third-order valence-electron chi connectivity index (χ3n) is 5.36. The van der Waals surface area contributed by atoms with Crippen molar-refractivity contribution in [3.8, 4) is 0 Å². The van der Waals surface area contributed by atoms with E-state index in [1.54, 1.807) is 0 Å². The van der Waals surface area contributed by atoms with Gasteiger partial charge in [0.15, 0.2) is 0 Å². The molecule has 3 rings (SSSR count). The highest BCUT2D eigenvalue weighted by Crippen LogP contribution is 2.31. The van der Waals surface area contributed by atoms with Crippen LogP contribution < -0.4 is 5.32 Å². The van der Waals surface area contributed by atoms with Crippen LogP contribution >= 0.6 is 0 Å². The molecule has 0 aromatic heterocycles. The van der Waals surface area contributed by atoms with Gasteiger partial charge >= 0.3 is 0 Å². The summed E-state index contributed by atoms with van der Waals surface area (Å²) in [6, 6.07) is 2.34. The Hall–Kier alpha value is -0.120. The van der Waals surface area contributed by atoms with E-state index in [-0.39, 0.29) is 0 Å². The summed E-state index contributed by atoms with van der Waals surface area (Å²) in [5.41, 5.74) is 0. The minimum Gasteiger partial charge on any atom is -0.315 e. The molecule has 18 heavy (non-hydrogen) atoms. The van der Waals surface area contributed by atoms with Gasteiger partial charge in [-0.25, -0.2) is 0 Å². The zero-order valence-corrected chi connectivity index (χ0v) is 11.9. The summed E-state index contributed by atoms with van der Waals surface area (Å²) in [6.45, 7) is 5.39. The Balaban J connectivity index is 1.75. The fourth-order valence-electron chi connectivity index (χ4n) is 4.48. The molecule has 2 heterocycles.